The molecule has 10 N–H and O–H groups in total. The van der Waals surface area contributed by atoms with Crippen LogP contribution in [0.1, 0.15) is 110 Å². The van der Waals surface area contributed by atoms with Crippen molar-refractivity contribution in [2.24, 2.45) is 29.2 Å². The number of nitrogens with two attached hydrogens (primary N) is 2. The Labute approximate surface area is 450 Å². The largest absolute Gasteiger partial charge is 0.481 e. The zero-order valence-corrected chi connectivity index (χ0v) is 43.7. The number of nitrogens with one attached hydrogen (secondary N) is 2. The number of carboxylic acids is 2. The number of rotatable bonds is 24. The summed E-state index contributed by atoms with van der Waals surface area (Å²) in [4.78, 5) is 78.3. The minimum atomic E-state index is -4.36. The molecule has 0 aromatic carbocycles. The van der Waals surface area contributed by atoms with Crippen molar-refractivity contribution in [3.63, 3.8) is 0 Å². The Morgan fingerprint density at radius 3 is 1.37 bits per heavy atom. The molecule has 4 amide bonds. The van der Waals surface area contributed by atoms with Crippen molar-refractivity contribution < 1.29 is 64.9 Å². The minimum Gasteiger partial charge on any atom is -0.481 e. The molecule has 24 nitrogen and oxygen atoms in total. The van der Waals surface area contributed by atoms with E-state index in [4.69, 9.17) is 19.9 Å². The Kier molecular flexibility index (Phi) is 53.5. The summed E-state index contributed by atoms with van der Waals surface area (Å²) in [7, 11) is -0.0996. The standard InChI is InChI=1S/C20H34N4O7S.C7H13NO4S.C6H16N2.C5H6N2.C3H5NO.C3H4O2.5CH4/c1-5-16(24-7-6-22-12-24)10-14(17(21)25)9-15(8-13(2)19(27)28)18(26)23-20(3,4)11-32(29,30)31;1-4-6(9)8-7(2,3)5-13(10,11)12;1-7(2)5-6-8(3)4;1-2-7-4-3-6-5-7;2*1-2-3(4)5;;;;;/h6-7,12-16H,5,8-11H2,1-4H3,(H2,21,25)(H,23,26)(H,27,28)(H,29,30,31);4H,1,5H2,2-3H3,(H,8,9)(H,10,11,12);5-6H2,1-4H3;2-5H,1H2;2H,1H2,(H2,4,5);2H,1H2,(H,4,5);5*1H4. The van der Waals surface area contributed by atoms with Gasteiger partial charge in [0.15, 0.2) is 0 Å². The van der Waals surface area contributed by atoms with Crippen molar-refractivity contribution in [3.8, 4) is 0 Å². The molecule has 4 atom stereocenters. The Balaban J connectivity index is -0.000000119. The lowest BCUT2D eigenvalue weighted by molar-refractivity contribution is -0.142. The molecule has 0 bridgehead atoms. The van der Waals surface area contributed by atoms with Gasteiger partial charge in [-0.15, -0.1) is 0 Å². The number of primary amides is 2. The van der Waals surface area contributed by atoms with Crippen LogP contribution in [0.3, 0.4) is 0 Å². The normalized spacial score (nSPS) is 11.8. The highest BCUT2D eigenvalue weighted by Crippen LogP contribution is 2.29. The van der Waals surface area contributed by atoms with Gasteiger partial charge in [-0.1, -0.05) is 77.3 Å². The number of carbonyl (C=O) groups excluding carboxylic acids is 4. The lowest BCUT2D eigenvalue weighted by atomic mass is 9.83. The molecule has 440 valence electrons. The maximum atomic E-state index is 13.0. The summed E-state index contributed by atoms with van der Waals surface area (Å²) in [5, 5.41) is 21.8. The minimum absolute atomic E-state index is 0. The van der Waals surface area contributed by atoms with E-state index in [9.17, 15) is 50.7 Å². The zero-order valence-electron chi connectivity index (χ0n) is 42.1. The molecule has 2 rings (SSSR count). The van der Waals surface area contributed by atoms with Gasteiger partial charge in [0.25, 0.3) is 20.2 Å². The van der Waals surface area contributed by atoms with Crippen molar-refractivity contribution in [3.05, 3.63) is 82.0 Å². The summed E-state index contributed by atoms with van der Waals surface area (Å²) in [5.74, 6) is -7.99. The number of carboxylic acid groups (broad SMARTS) is 2. The maximum absolute atomic E-state index is 13.0. The number of imidazole rings is 2. The third-order valence-corrected chi connectivity index (χ3v) is 10.9. The molecule has 2 aromatic rings. The predicted octanol–water partition coefficient (Wildman–Crippen LogP) is 5.37. The molecule has 2 heterocycles. The third-order valence-electron chi connectivity index (χ3n) is 8.68. The van der Waals surface area contributed by atoms with Gasteiger partial charge in [-0.25, -0.2) is 14.8 Å². The topological polar surface area (TPSA) is 370 Å². The number of nitrogens with zero attached hydrogens (tertiary/aromatic N) is 6. The molecule has 0 fully saturated rings. The average Bonchev–Trinajstić information content (AvgIpc) is 3.96. The fourth-order valence-corrected chi connectivity index (χ4v) is 7.37. The van der Waals surface area contributed by atoms with Gasteiger partial charge in [0.1, 0.15) is 0 Å². The second-order valence-electron chi connectivity index (χ2n) is 17.2. The molecule has 0 saturated carbocycles. The van der Waals surface area contributed by atoms with Gasteiger partial charge in [0.05, 0.1) is 41.2 Å². The van der Waals surface area contributed by atoms with Crippen LogP contribution in [0.25, 0.3) is 6.20 Å². The number of aliphatic carboxylic acids is 2. The van der Waals surface area contributed by atoms with Gasteiger partial charge < -0.3 is 51.2 Å². The molecule has 0 spiro atoms. The molecule has 2 aromatic heterocycles. The molecule has 4 unspecified atom stereocenters. The summed E-state index contributed by atoms with van der Waals surface area (Å²) in [5.41, 5.74) is 7.85. The average molecular weight is 1120 g/mol. The Morgan fingerprint density at radius 2 is 1.11 bits per heavy atom. The number of hydrogen-bond donors (Lipinski definition) is 8. The Bertz CT molecular complexity index is 2100. The molecule has 26 heteroatoms. The van der Waals surface area contributed by atoms with E-state index < -0.39 is 96.1 Å². The van der Waals surface area contributed by atoms with E-state index >= 15 is 0 Å². The van der Waals surface area contributed by atoms with Crippen LogP contribution in [0.5, 0.6) is 0 Å². The summed E-state index contributed by atoms with van der Waals surface area (Å²) in [6, 6.07) is -0.0911. The second-order valence-corrected chi connectivity index (χ2v) is 20.1. The smallest absolute Gasteiger partial charge is 0.327 e. The quantitative estimate of drug-likeness (QED) is 0.0484. The van der Waals surface area contributed by atoms with Gasteiger partial charge >= 0.3 is 11.9 Å². The van der Waals surface area contributed by atoms with Crippen molar-refractivity contribution >= 4 is 62.0 Å². The highest BCUT2D eigenvalue weighted by molar-refractivity contribution is 7.86. The maximum Gasteiger partial charge on any atom is 0.327 e. The monoisotopic (exact) mass is 1110 g/mol. The number of likely N-dealkylation sites (N-methyl/N-ethyl adjacent to an activating group) is 2. The van der Waals surface area contributed by atoms with E-state index in [2.05, 4.69) is 90.6 Å². The van der Waals surface area contributed by atoms with Gasteiger partial charge in [0.2, 0.25) is 23.6 Å². The van der Waals surface area contributed by atoms with Crippen LogP contribution in [0.4, 0.5) is 0 Å². The molecule has 0 saturated heterocycles. The SMILES string of the molecule is C.C.C.C.C.C=CC(=O)NC(C)(C)CS(=O)(=O)O.C=CC(=O)O.C=CC(N)=O.C=Cn1ccnc1.CCC(CC(CC(CC(C)C(=O)O)C(=O)NC(C)(C)CS(=O)(=O)O)C(N)=O)n1ccnc1.CN(C)CCN(C)C. The lowest BCUT2D eigenvalue weighted by Crippen LogP contribution is -2.51. The van der Waals surface area contributed by atoms with E-state index in [1.54, 1.807) is 42.0 Å². The third kappa shape index (κ3) is 55.5. The van der Waals surface area contributed by atoms with E-state index in [0.717, 1.165) is 31.3 Å². The van der Waals surface area contributed by atoms with E-state index in [1.165, 1.54) is 34.6 Å². The first kappa shape index (κ1) is 88.6. The molecule has 75 heavy (non-hydrogen) atoms. The van der Waals surface area contributed by atoms with Crippen LogP contribution in [0.15, 0.2) is 82.0 Å². The summed E-state index contributed by atoms with van der Waals surface area (Å²) < 4.78 is 64.8. The predicted molar refractivity (Wildman–Crippen MR) is 302 cm³/mol. The van der Waals surface area contributed by atoms with Crippen LogP contribution in [0.2, 0.25) is 0 Å². The molecular formula is C49H98N10O14S2. The fourth-order valence-electron chi connectivity index (χ4n) is 5.40. The first-order chi connectivity index (χ1) is 31.9. The first-order valence-electron chi connectivity index (χ1n) is 21.2. The van der Waals surface area contributed by atoms with Crippen LogP contribution in [0, 0.1) is 17.8 Å². The van der Waals surface area contributed by atoms with Crippen LogP contribution >= 0.6 is 0 Å². The van der Waals surface area contributed by atoms with Gasteiger partial charge in [-0.2, -0.15) is 16.8 Å². The number of hydrogen-bond acceptors (Lipinski definition) is 14. The number of carbonyl (C=O) groups is 6. The number of aromatic nitrogens is 4. The van der Waals surface area contributed by atoms with Crippen molar-refractivity contribution in [2.75, 3.05) is 52.8 Å². The highest BCUT2D eigenvalue weighted by atomic mass is 32.2. The summed E-state index contributed by atoms with van der Waals surface area (Å²) >= 11 is 0. The van der Waals surface area contributed by atoms with Crippen molar-refractivity contribution in [1.82, 2.24) is 39.5 Å². The fraction of sp³-hybridized carbons (Fsp3) is 0.592. The first-order valence-corrected chi connectivity index (χ1v) is 24.5. The van der Waals surface area contributed by atoms with Gasteiger partial charge in [-0.05, 0) is 93.7 Å². The van der Waals surface area contributed by atoms with Crippen LogP contribution in [-0.4, -0.2) is 164 Å². The molecule has 0 aliphatic heterocycles. The molecule has 0 aliphatic carbocycles. The number of amides is 4. The van der Waals surface area contributed by atoms with E-state index in [0.29, 0.717) is 12.8 Å². The van der Waals surface area contributed by atoms with Crippen LogP contribution < -0.4 is 22.1 Å². The highest BCUT2D eigenvalue weighted by Gasteiger charge is 2.35. The lowest BCUT2D eigenvalue weighted by Gasteiger charge is -2.30. The summed E-state index contributed by atoms with van der Waals surface area (Å²) in [6.07, 6.45) is 15.8. The van der Waals surface area contributed by atoms with Gasteiger partial charge in [-0.3, -0.25) is 33.1 Å². The molecular weight excluding hydrogens is 1020 g/mol. The zero-order chi connectivity index (χ0) is 55.6. The summed E-state index contributed by atoms with van der Waals surface area (Å²) in [6.45, 7) is 24.3. The Morgan fingerprint density at radius 1 is 0.693 bits per heavy atom. The molecule has 0 aliphatic rings. The van der Waals surface area contributed by atoms with Crippen molar-refractivity contribution in [1.29, 1.82) is 0 Å². The second kappa shape index (κ2) is 45.3. The van der Waals surface area contributed by atoms with Gasteiger partial charge in [0, 0.05) is 68.0 Å². The Hall–Kier alpha value is -6.06. The van der Waals surface area contributed by atoms with E-state index in [-0.39, 0.29) is 56.0 Å². The van der Waals surface area contributed by atoms with Crippen LogP contribution in [-0.2, 0) is 49.0 Å². The molecule has 0 radical (unpaired) electrons. The van der Waals surface area contributed by atoms with E-state index in [1.807, 2.05) is 17.7 Å². The van der Waals surface area contributed by atoms with Crippen molar-refractivity contribution in [2.45, 2.75) is 121 Å².